The number of benzene rings is 1. The van der Waals surface area contributed by atoms with Gasteiger partial charge in [0.2, 0.25) is 0 Å². The monoisotopic (exact) mass is 573 g/mol. The van der Waals surface area contributed by atoms with Crippen LogP contribution in [-0.4, -0.2) is 65.9 Å². The maximum atomic E-state index is 14.9. The summed E-state index contributed by atoms with van der Waals surface area (Å²) < 4.78 is 100. The molecule has 2 fully saturated rings. The molecule has 216 valence electrons. The molecule has 0 spiro atoms. The molecule has 0 saturated carbocycles. The molecule has 4 heterocycles. The van der Waals surface area contributed by atoms with Crippen molar-refractivity contribution in [2.45, 2.75) is 32.1 Å². The van der Waals surface area contributed by atoms with Crippen LogP contribution >= 0.6 is 0 Å². The number of ether oxygens (including phenoxy) is 1. The van der Waals surface area contributed by atoms with Crippen LogP contribution in [0.15, 0.2) is 30.6 Å². The molecule has 1 atom stereocenters. The molecule has 2 aliphatic heterocycles. The van der Waals surface area contributed by atoms with Gasteiger partial charge in [0, 0.05) is 50.6 Å². The number of hydrogen-bond acceptors (Lipinski definition) is 4. The zero-order valence-electron chi connectivity index (χ0n) is 21.4. The molecule has 1 N–H and O–H groups in total. The molecular weight excluding hydrogens is 547 g/mol. The Kier molecular flexibility index (Phi) is 7.31. The number of pyridine rings is 1. The van der Waals surface area contributed by atoms with Gasteiger partial charge in [-0.05, 0) is 48.6 Å². The molecule has 40 heavy (non-hydrogen) atoms. The third-order valence-corrected chi connectivity index (χ3v) is 7.13. The summed E-state index contributed by atoms with van der Waals surface area (Å²) in [7, 11) is 0. The van der Waals surface area contributed by atoms with Crippen LogP contribution in [0.25, 0.3) is 16.8 Å². The third kappa shape index (κ3) is 5.96. The van der Waals surface area contributed by atoms with Crippen molar-refractivity contribution in [2.75, 3.05) is 49.6 Å². The van der Waals surface area contributed by atoms with Crippen molar-refractivity contribution in [1.82, 2.24) is 14.3 Å². The molecule has 0 aliphatic carbocycles. The van der Waals surface area contributed by atoms with Gasteiger partial charge in [0.15, 0.2) is 11.3 Å². The van der Waals surface area contributed by atoms with Crippen LogP contribution in [-0.2, 0) is 10.9 Å². The standard InChI is InChI=1S/C26H26F7N5O2/c1-15-8-19(27)20(34-24(39)37-3-2-16(12-37)11-25(28,29)30)10-18(15)17-9-21(36-4-6-40-7-5-36)23-35-22(26(31,32)33)14-38(23)13-17/h8-10,13-14,16H,2-7,11-12H2,1H3,(H,34,39)/t16-/m0/s1. The minimum atomic E-state index is -4.66. The van der Waals surface area contributed by atoms with E-state index < -0.39 is 42.2 Å². The van der Waals surface area contributed by atoms with E-state index in [1.807, 2.05) is 4.90 Å². The number of imidazole rings is 1. The van der Waals surface area contributed by atoms with Gasteiger partial charge in [-0.1, -0.05) is 0 Å². The molecule has 14 heteroatoms. The molecule has 0 unspecified atom stereocenters. The van der Waals surface area contributed by atoms with Crippen LogP contribution < -0.4 is 10.2 Å². The number of nitrogens with zero attached hydrogens (tertiary/aromatic N) is 4. The first-order chi connectivity index (χ1) is 18.8. The number of rotatable bonds is 4. The summed E-state index contributed by atoms with van der Waals surface area (Å²) in [5.41, 5.74) is 0.667. The minimum absolute atomic E-state index is 0.104. The van der Waals surface area contributed by atoms with Crippen molar-refractivity contribution in [3.63, 3.8) is 0 Å². The summed E-state index contributed by atoms with van der Waals surface area (Å²) in [6, 6.07) is 3.50. The average Bonchev–Trinajstić information content (AvgIpc) is 3.52. The smallest absolute Gasteiger partial charge is 0.378 e. The minimum Gasteiger partial charge on any atom is -0.378 e. The summed E-state index contributed by atoms with van der Waals surface area (Å²) in [5.74, 6) is -1.48. The Morgan fingerprint density at radius 3 is 2.48 bits per heavy atom. The first-order valence-corrected chi connectivity index (χ1v) is 12.6. The average molecular weight is 574 g/mol. The second kappa shape index (κ2) is 10.5. The van der Waals surface area contributed by atoms with E-state index in [0.717, 1.165) is 6.20 Å². The Hall–Kier alpha value is -3.55. The molecule has 3 aromatic rings. The molecule has 0 bridgehead atoms. The fourth-order valence-electron chi connectivity index (χ4n) is 5.19. The van der Waals surface area contributed by atoms with Gasteiger partial charge >= 0.3 is 18.4 Å². The lowest BCUT2D eigenvalue weighted by molar-refractivity contribution is -0.143. The second-order valence-electron chi connectivity index (χ2n) is 10.1. The summed E-state index contributed by atoms with van der Waals surface area (Å²) >= 11 is 0. The van der Waals surface area contributed by atoms with Gasteiger partial charge in [-0.2, -0.15) is 26.3 Å². The molecule has 1 aromatic carbocycles. The van der Waals surface area contributed by atoms with E-state index in [1.165, 1.54) is 27.6 Å². The first-order valence-electron chi connectivity index (χ1n) is 12.6. The maximum Gasteiger partial charge on any atom is 0.434 e. The fourth-order valence-corrected chi connectivity index (χ4v) is 5.19. The van der Waals surface area contributed by atoms with E-state index in [0.29, 0.717) is 48.7 Å². The summed E-state index contributed by atoms with van der Waals surface area (Å²) in [5, 5.41) is 2.45. The summed E-state index contributed by atoms with van der Waals surface area (Å²) in [6.07, 6.45) is -7.48. The SMILES string of the molecule is Cc1cc(F)c(NC(=O)N2CC[C@@H](CC(F)(F)F)C2)cc1-c1cc(N2CCOCC2)c2nc(C(F)(F)F)cn2c1. The summed E-state index contributed by atoms with van der Waals surface area (Å²) in [6.45, 7) is 3.26. The van der Waals surface area contributed by atoms with Gasteiger partial charge in [0.1, 0.15) is 5.82 Å². The van der Waals surface area contributed by atoms with Gasteiger partial charge in [-0.15, -0.1) is 0 Å². The van der Waals surface area contributed by atoms with E-state index in [9.17, 15) is 35.5 Å². The van der Waals surface area contributed by atoms with Crippen LogP contribution in [0.5, 0.6) is 0 Å². The first kappa shape index (κ1) is 28.0. The number of alkyl halides is 6. The molecule has 2 saturated heterocycles. The van der Waals surface area contributed by atoms with Gasteiger partial charge in [0.25, 0.3) is 0 Å². The zero-order valence-corrected chi connectivity index (χ0v) is 21.4. The van der Waals surface area contributed by atoms with Crippen molar-refractivity contribution >= 4 is 23.1 Å². The molecule has 7 nitrogen and oxygen atoms in total. The van der Waals surface area contributed by atoms with Crippen LogP contribution in [0.2, 0.25) is 0 Å². The maximum absolute atomic E-state index is 14.9. The van der Waals surface area contributed by atoms with E-state index in [-0.39, 0.29) is 30.8 Å². The lowest BCUT2D eigenvalue weighted by Crippen LogP contribution is -2.36. The normalized spacial score (nSPS) is 18.6. The zero-order chi connectivity index (χ0) is 28.8. The number of aryl methyl sites for hydroxylation is 1. The molecule has 2 aromatic heterocycles. The molecule has 0 radical (unpaired) electrons. The van der Waals surface area contributed by atoms with E-state index in [2.05, 4.69) is 10.3 Å². The number of aromatic nitrogens is 2. The van der Waals surface area contributed by atoms with Gasteiger partial charge in [0.05, 0.1) is 24.6 Å². The number of carbonyl (C=O) groups is 1. The van der Waals surface area contributed by atoms with E-state index in [4.69, 9.17) is 4.74 Å². The van der Waals surface area contributed by atoms with Crippen LogP contribution in [0, 0.1) is 18.7 Å². The van der Waals surface area contributed by atoms with Crippen LogP contribution in [0.1, 0.15) is 24.1 Å². The Bertz CT molecular complexity index is 1410. The number of hydrogen-bond donors (Lipinski definition) is 1. The van der Waals surface area contributed by atoms with Crippen molar-refractivity contribution in [3.05, 3.63) is 47.7 Å². The topological polar surface area (TPSA) is 62.1 Å². The predicted octanol–water partition coefficient (Wildman–Crippen LogP) is 6.11. The number of likely N-dealkylation sites (tertiary alicyclic amines) is 1. The number of halogens is 7. The van der Waals surface area contributed by atoms with Crippen molar-refractivity contribution < 1.29 is 40.3 Å². The molecule has 2 amide bonds. The molecule has 5 rings (SSSR count). The van der Waals surface area contributed by atoms with Gasteiger partial charge in [-0.3, -0.25) is 0 Å². The highest BCUT2D eigenvalue weighted by Gasteiger charge is 2.37. The van der Waals surface area contributed by atoms with Crippen molar-refractivity contribution in [2.24, 2.45) is 5.92 Å². The number of nitrogens with one attached hydrogen (secondary N) is 1. The van der Waals surface area contributed by atoms with Crippen molar-refractivity contribution in [1.29, 1.82) is 0 Å². The quantitative estimate of drug-likeness (QED) is 0.383. The lowest BCUT2D eigenvalue weighted by Gasteiger charge is -2.29. The number of anilines is 2. The Morgan fingerprint density at radius 2 is 1.80 bits per heavy atom. The largest absolute Gasteiger partial charge is 0.434 e. The number of urea groups is 1. The number of morpholine rings is 1. The highest BCUT2D eigenvalue weighted by Crippen LogP contribution is 2.36. The predicted molar refractivity (Wildman–Crippen MR) is 133 cm³/mol. The van der Waals surface area contributed by atoms with Crippen LogP contribution in [0.4, 0.5) is 46.9 Å². The molecular formula is C26H26F7N5O2. The van der Waals surface area contributed by atoms with Crippen molar-refractivity contribution in [3.8, 4) is 11.1 Å². The fraction of sp³-hybridized carbons (Fsp3) is 0.462. The third-order valence-electron chi connectivity index (χ3n) is 7.13. The van der Waals surface area contributed by atoms with E-state index >= 15 is 0 Å². The Morgan fingerprint density at radius 1 is 1.07 bits per heavy atom. The Labute approximate surface area is 224 Å². The highest BCUT2D eigenvalue weighted by molar-refractivity contribution is 5.91. The highest BCUT2D eigenvalue weighted by atomic mass is 19.4. The van der Waals surface area contributed by atoms with Crippen LogP contribution in [0.3, 0.4) is 0 Å². The summed E-state index contributed by atoms with van der Waals surface area (Å²) in [4.78, 5) is 19.7. The second-order valence-corrected chi connectivity index (χ2v) is 10.1. The number of carbonyl (C=O) groups excluding carboxylic acids is 1. The number of fused-ring (bicyclic) bond motifs is 1. The molecule has 2 aliphatic rings. The Balaban J connectivity index is 1.48. The number of amides is 2. The van der Waals surface area contributed by atoms with E-state index in [1.54, 1.807) is 13.0 Å². The lowest BCUT2D eigenvalue weighted by atomic mass is 10.00. The van der Waals surface area contributed by atoms with Gasteiger partial charge in [-0.25, -0.2) is 14.2 Å². The van der Waals surface area contributed by atoms with Gasteiger partial charge < -0.3 is 24.3 Å².